The fraction of sp³-hybridized carbons (Fsp3) is 0.824. The van der Waals surface area contributed by atoms with Crippen molar-refractivity contribution in [3.05, 3.63) is 17.0 Å². The third-order valence-corrected chi connectivity index (χ3v) is 4.82. The lowest BCUT2D eigenvalue weighted by Gasteiger charge is -2.24. The molecule has 0 spiro atoms. The van der Waals surface area contributed by atoms with Crippen LogP contribution in [0.1, 0.15) is 88.3 Å². The van der Waals surface area contributed by atoms with Gasteiger partial charge in [-0.25, -0.2) is 0 Å². The van der Waals surface area contributed by atoms with Gasteiger partial charge in [0, 0.05) is 17.3 Å². The largest absolute Gasteiger partial charge is 0.313 e. The Labute approximate surface area is 124 Å². The molecule has 0 aliphatic heterocycles. The second-order valence-electron chi connectivity index (χ2n) is 6.00. The van der Waals surface area contributed by atoms with Crippen molar-refractivity contribution in [1.29, 1.82) is 0 Å². The first-order valence-electron chi connectivity index (χ1n) is 8.54. The molecule has 1 N–H and O–H groups in total. The maximum Gasteiger partial charge on any atom is 0.0672 e. The minimum absolute atomic E-state index is 0.456. The van der Waals surface area contributed by atoms with Crippen LogP contribution >= 0.6 is 0 Å². The molecule has 0 bridgehead atoms. The van der Waals surface area contributed by atoms with Gasteiger partial charge in [0.25, 0.3) is 0 Å². The molecular formula is C17H31N3. The van der Waals surface area contributed by atoms with Gasteiger partial charge in [-0.15, -0.1) is 0 Å². The van der Waals surface area contributed by atoms with Crippen molar-refractivity contribution in [3.63, 3.8) is 0 Å². The number of hydrogen-bond acceptors (Lipinski definition) is 2. The van der Waals surface area contributed by atoms with Gasteiger partial charge in [-0.1, -0.05) is 40.0 Å². The van der Waals surface area contributed by atoms with Crippen molar-refractivity contribution in [1.82, 2.24) is 15.1 Å². The highest BCUT2D eigenvalue weighted by Crippen LogP contribution is 2.33. The van der Waals surface area contributed by atoms with Crippen LogP contribution in [0.3, 0.4) is 0 Å². The van der Waals surface area contributed by atoms with E-state index < -0.39 is 0 Å². The van der Waals surface area contributed by atoms with Crippen molar-refractivity contribution in [2.45, 2.75) is 84.2 Å². The maximum atomic E-state index is 5.02. The number of rotatable bonds is 6. The molecule has 0 aromatic carbocycles. The van der Waals surface area contributed by atoms with Crippen LogP contribution in [0.25, 0.3) is 0 Å². The van der Waals surface area contributed by atoms with Crippen LogP contribution in [0.2, 0.25) is 0 Å². The predicted octanol–water partition coefficient (Wildman–Crippen LogP) is 4.18. The van der Waals surface area contributed by atoms with Gasteiger partial charge < -0.3 is 5.32 Å². The molecule has 1 fully saturated rings. The number of nitrogens with zero attached hydrogens (tertiary/aromatic N) is 2. The topological polar surface area (TPSA) is 29.9 Å². The quantitative estimate of drug-likeness (QED) is 0.845. The van der Waals surface area contributed by atoms with E-state index >= 15 is 0 Å². The highest BCUT2D eigenvalue weighted by molar-refractivity contribution is 5.31. The van der Waals surface area contributed by atoms with Crippen molar-refractivity contribution in [3.8, 4) is 0 Å². The zero-order valence-electron chi connectivity index (χ0n) is 13.7. The summed E-state index contributed by atoms with van der Waals surface area (Å²) in [5.74, 6) is 0. The van der Waals surface area contributed by atoms with Crippen LogP contribution in [0.15, 0.2) is 0 Å². The van der Waals surface area contributed by atoms with E-state index in [4.69, 9.17) is 5.10 Å². The minimum Gasteiger partial charge on any atom is -0.313 e. The number of aromatic nitrogens is 2. The summed E-state index contributed by atoms with van der Waals surface area (Å²) in [5, 5.41) is 8.50. The summed E-state index contributed by atoms with van der Waals surface area (Å²) in [4.78, 5) is 0. The van der Waals surface area contributed by atoms with Crippen LogP contribution in [-0.4, -0.2) is 16.8 Å². The summed E-state index contributed by atoms with van der Waals surface area (Å²) in [5.41, 5.74) is 4.29. The predicted molar refractivity (Wildman–Crippen MR) is 85.2 cm³/mol. The van der Waals surface area contributed by atoms with E-state index in [1.54, 1.807) is 0 Å². The molecule has 20 heavy (non-hydrogen) atoms. The molecule has 1 heterocycles. The summed E-state index contributed by atoms with van der Waals surface area (Å²) in [6, 6.07) is 1.10. The molecule has 1 aliphatic carbocycles. The highest BCUT2D eigenvalue weighted by atomic mass is 15.3. The summed E-state index contributed by atoms with van der Waals surface area (Å²) in [7, 11) is 2.07. The van der Waals surface area contributed by atoms with Gasteiger partial charge in [0.1, 0.15) is 0 Å². The van der Waals surface area contributed by atoms with E-state index in [2.05, 4.69) is 37.8 Å². The zero-order valence-corrected chi connectivity index (χ0v) is 13.7. The van der Waals surface area contributed by atoms with Crippen LogP contribution in [0, 0.1) is 0 Å². The summed E-state index contributed by atoms with van der Waals surface area (Å²) in [6.45, 7) is 6.78. The SMILES string of the molecule is CCc1nn(C2CCCCC2)c(CC)c1C(CC)NC. The van der Waals surface area contributed by atoms with Gasteiger partial charge in [-0.2, -0.15) is 5.10 Å². The molecule has 1 aromatic heterocycles. The first-order valence-corrected chi connectivity index (χ1v) is 8.54. The number of aryl methyl sites for hydroxylation is 1. The fourth-order valence-electron chi connectivity index (χ4n) is 3.73. The average Bonchev–Trinajstić information content (AvgIpc) is 2.88. The molecule has 1 aromatic rings. The van der Waals surface area contributed by atoms with Crippen molar-refractivity contribution in [2.75, 3.05) is 7.05 Å². The van der Waals surface area contributed by atoms with Crippen LogP contribution in [-0.2, 0) is 12.8 Å². The van der Waals surface area contributed by atoms with E-state index in [9.17, 15) is 0 Å². The Bertz CT molecular complexity index is 412. The summed E-state index contributed by atoms with van der Waals surface area (Å²) < 4.78 is 2.40. The molecular weight excluding hydrogens is 246 g/mol. The molecule has 1 saturated carbocycles. The molecule has 0 amide bonds. The van der Waals surface area contributed by atoms with E-state index in [1.165, 1.54) is 49.1 Å². The lowest BCUT2D eigenvalue weighted by atomic mass is 9.94. The van der Waals surface area contributed by atoms with Gasteiger partial charge >= 0.3 is 0 Å². The number of hydrogen-bond donors (Lipinski definition) is 1. The highest BCUT2D eigenvalue weighted by Gasteiger charge is 2.25. The van der Waals surface area contributed by atoms with Gasteiger partial charge in [0.2, 0.25) is 0 Å². The second-order valence-corrected chi connectivity index (χ2v) is 6.00. The first-order chi connectivity index (χ1) is 9.76. The van der Waals surface area contributed by atoms with E-state index in [1.807, 2.05) is 0 Å². The molecule has 1 aliphatic rings. The van der Waals surface area contributed by atoms with Crippen molar-refractivity contribution >= 4 is 0 Å². The molecule has 0 saturated heterocycles. The molecule has 2 rings (SSSR count). The van der Waals surface area contributed by atoms with Crippen LogP contribution in [0.5, 0.6) is 0 Å². The summed E-state index contributed by atoms with van der Waals surface area (Å²) >= 11 is 0. The van der Waals surface area contributed by atoms with Crippen LogP contribution in [0.4, 0.5) is 0 Å². The van der Waals surface area contributed by atoms with E-state index in [-0.39, 0.29) is 0 Å². The monoisotopic (exact) mass is 277 g/mol. The molecule has 3 nitrogen and oxygen atoms in total. The Morgan fingerprint density at radius 2 is 1.85 bits per heavy atom. The first kappa shape index (κ1) is 15.6. The second kappa shape index (κ2) is 7.26. The lowest BCUT2D eigenvalue weighted by molar-refractivity contribution is 0.321. The normalized spacial score (nSPS) is 18.4. The lowest BCUT2D eigenvalue weighted by Crippen LogP contribution is -2.20. The Balaban J connectivity index is 2.41. The van der Waals surface area contributed by atoms with Gasteiger partial charge in [-0.05, 0) is 39.2 Å². The van der Waals surface area contributed by atoms with Crippen LogP contribution < -0.4 is 5.32 Å². The third kappa shape index (κ3) is 2.93. The smallest absolute Gasteiger partial charge is 0.0672 e. The maximum absolute atomic E-state index is 5.02. The van der Waals surface area contributed by atoms with Crippen molar-refractivity contribution < 1.29 is 0 Å². The van der Waals surface area contributed by atoms with Gasteiger partial charge in [0.05, 0.1) is 11.7 Å². The molecule has 0 radical (unpaired) electrons. The minimum atomic E-state index is 0.456. The Morgan fingerprint density at radius 1 is 1.15 bits per heavy atom. The van der Waals surface area contributed by atoms with Gasteiger partial charge in [0.15, 0.2) is 0 Å². The molecule has 1 atom stereocenters. The van der Waals surface area contributed by atoms with E-state index in [0.29, 0.717) is 12.1 Å². The Kier molecular flexibility index (Phi) is 5.64. The van der Waals surface area contributed by atoms with E-state index in [0.717, 1.165) is 19.3 Å². The molecule has 3 heteroatoms. The Morgan fingerprint density at radius 3 is 2.35 bits per heavy atom. The van der Waals surface area contributed by atoms with Crippen molar-refractivity contribution in [2.24, 2.45) is 0 Å². The zero-order chi connectivity index (χ0) is 14.5. The number of nitrogens with one attached hydrogen (secondary N) is 1. The fourth-order valence-corrected chi connectivity index (χ4v) is 3.73. The van der Waals surface area contributed by atoms with Gasteiger partial charge in [-0.3, -0.25) is 4.68 Å². The average molecular weight is 277 g/mol. The third-order valence-electron chi connectivity index (χ3n) is 4.82. The molecule has 1 unspecified atom stereocenters. The molecule has 114 valence electrons. The Hall–Kier alpha value is -0.830. The standard InChI is InChI=1S/C17H31N3/c1-5-14(18-4)17-15(6-2)19-20(16(17)7-3)13-11-9-8-10-12-13/h13-14,18H,5-12H2,1-4H3. The summed E-state index contributed by atoms with van der Waals surface area (Å²) in [6.07, 6.45) is 10.0.